The first kappa shape index (κ1) is 9.28. The van der Waals surface area contributed by atoms with Gasteiger partial charge in [-0.3, -0.25) is 0 Å². The lowest BCUT2D eigenvalue weighted by Gasteiger charge is -2.10. The van der Waals surface area contributed by atoms with Crippen LogP contribution in [0, 0.1) is 0 Å². The van der Waals surface area contributed by atoms with E-state index >= 15 is 0 Å². The Kier molecular flexibility index (Phi) is 2.88. The molecule has 0 spiro atoms. The van der Waals surface area contributed by atoms with Crippen LogP contribution in [0.3, 0.4) is 0 Å². The quantitative estimate of drug-likeness (QED) is 0.653. The Morgan fingerprint density at radius 1 is 1.42 bits per heavy atom. The van der Waals surface area contributed by atoms with Crippen molar-refractivity contribution in [1.29, 1.82) is 0 Å². The zero-order chi connectivity index (χ0) is 9.03. The van der Waals surface area contributed by atoms with Crippen molar-refractivity contribution in [3.8, 4) is 0 Å². The van der Waals surface area contributed by atoms with Crippen LogP contribution >= 0.6 is 7.14 Å². The first-order valence-electron chi connectivity index (χ1n) is 4.01. The van der Waals surface area contributed by atoms with Gasteiger partial charge in [-0.25, -0.2) is 0 Å². The highest BCUT2D eigenvalue weighted by Crippen LogP contribution is 2.44. The Balaban J connectivity index is 3.12. The van der Waals surface area contributed by atoms with E-state index in [9.17, 15) is 4.57 Å². The molecule has 0 heterocycles. The van der Waals surface area contributed by atoms with Crippen LogP contribution < -0.4 is 5.30 Å². The Morgan fingerprint density at radius 3 is 2.42 bits per heavy atom. The molecule has 0 saturated carbocycles. The summed E-state index contributed by atoms with van der Waals surface area (Å²) in [6.45, 7) is 5.54. The molecule has 0 fully saturated rings. The number of hydrogen-bond acceptors (Lipinski definition) is 1. The summed E-state index contributed by atoms with van der Waals surface area (Å²) in [6.07, 6.45) is 0.653. The second kappa shape index (κ2) is 3.73. The summed E-state index contributed by atoms with van der Waals surface area (Å²) in [5.74, 6) is 1.59. The molecule has 1 atom stereocenters. The summed E-state index contributed by atoms with van der Waals surface area (Å²) in [7, 11) is -2.27. The number of hydrogen-bond donors (Lipinski definition) is 0. The van der Waals surface area contributed by atoms with Crippen LogP contribution in [-0.4, -0.2) is 6.16 Å². The van der Waals surface area contributed by atoms with Crippen LogP contribution in [0.25, 0.3) is 0 Å². The van der Waals surface area contributed by atoms with Gasteiger partial charge in [0.25, 0.3) is 0 Å². The molecule has 0 aromatic heterocycles. The first-order valence-corrected chi connectivity index (χ1v) is 5.97. The fourth-order valence-electron chi connectivity index (χ4n) is 1.10. The van der Waals surface area contributed by atoms with Crippen molar-refractivity contribution < 1.29 is 4.57 Å². The van der Waals surface area contributed by atoms with Crippen molar-refractivity contribution in [2.45, 2.75) is 6.92 Å². The number of benzene rings is 1. The van der Waals surface area contributed by atoms with Gasteiger partial charge in [-0.1, -0.05) is 43.8 Å². The summed E-state index contributed by atoms with van der Waals surface area (Å²) in [5.41, 5.74) is 0. The zero-order valence-corrected chi connectivity index (χ0v) is 8.13. The van der Waals surface area contributed by atoms with Crippen LogP contribution in [0.5, 0.6) is 0 Å². The van der Waals surface area contributed by atoms with Gasteiger partial charge in [0, 0.05) is 11.5 Å². The second-order valence-corrected chi connectivity index (χ2v) is 5.74. The van der Waals surface area contributed by atoms with Gasteiger partial charge in [0.05, 0.1) is 0 Å². The van der Waals surface area contributed by atoms with Crippen molar-refractivity contribution >= 4 is 12.4 Å². The predicted octanol–water partition coefficient (Wildman–Crippen LogP) is 2.84. The van der Waals surface area contributed by atoms with Gasteiger partial charge in [0.2, 0.25) is 0 Å². The monoisotopic (exact) mass is 180 g/mol. The summed E-state index contributed by atoms with van der Waals surface area (Å²) < 4.78 is 12.0. The van der Waals surface area contributed by atoms with E-state index in [-0.39, 0.29) is 0 Å². The van der Waals surface area contributed by atoms with Gasteiger partial charge in [0.15, 0.2) is 0 Å². The van der Waals surface area contributed by atoms with Gasteiger partial charge in [-0.15, -0.1) is 0 Å². The fourth-order valence-corrected chi connectivity index (χ4v) is 2.61. The topological polar surface area (TPSA) is 17.1 Å². The summed E-state index contributed by atoms with van der Waals surface area (Å²) in [6, 6.07) is 9.52. The van der Waals surface area contributed by atoms with E-state index < -0.39 is 7.14 Å². The average Bonchev–Trinajstić information content (AvgIpc) is 2.18. The van der Waals surface area contributed by atoms with E-state index in [0.29, 0.717) is 6.16 Å². The molecule has 0 radical (unpaired) electrons. The number of rotatable bonds is 3. The molecule has 0 aliphatic rings. The lowest BCUT2D eigenvalue weighted by Crippen LogP contribution is -2.03. The molecule has 0 saturated heterocycles. The maximum absolute atomic E-state index is 12.0. The molecule has 1 aromatic rings. The smallest absolute Gasteiger partial charge is 0.135 e. The van der Waals surface area contributed by atoms with Crippen LogP contribution in [0.1, 0.15) is 6.92 Å². The maximum Gasteiger partial charge on any atom is 0.135 e. The predicted molar refractivity (Wildman–Crippen MR) is 54.4 cm³/mol. The molecule has 0 amide bonds. The molecule has 2 heteroatoms. The minimum Gasteiger partial charge on any atom is -0.314 e. The van der Waals surface area contributed by atoms with Gasteiger partial charge < -0.3 is 4.57 Å². The standard InChI is InChI=1S/C10H13OP/c1-3-12(11,4-2)10-8-6-5-7-9-10/h3,5-9H,1,4H2,2H3/t12-/m0/s1. The van der Waals surface area contributed by atoms with Gasteiger partial charge in [-0.2, -0.15) is 0 Å². The average molecular weight is 180 g/mol. The molecule has 0 aliphatic heterocycles. The molecule has 0 N–H and O–H groups in total. The third-order valence-corrected chi connectivity index (χ3v) is 4.66. The Hall–Kier alpha value is -0.810. The second-order valence-electron chi connectivity index (χ2n) is 2.63. The molecule has 0 aliphatic carbocycles. The third-order valence-electron chi connectivity index (χ3n) is 1.96. The lowest BCUT2D eigenvalue weighted by atomic mass is 10.4. The largest absolute Gasteiger partial charge is 0.314 e. The van der Waals surface area contributed by atoms with Gasteiger partial charge in [0.1, 0.15) is 7.14 Å². The molecule has 0 unspecified atom stereocenters. The Labute approximate surface area is 73.5 Å². The molecule has 12 heavy (non-hydrogen) atoms. The molecule has 1 nitrogen and oxygen atoms in total. The fraction of sp³-hybridized carbons (Fsp3) is 0.200. The highest BCUT2D eigenvalue weighted by Gasteiger charge is 2.16. The van der Waals surface area contributed by atoms with Crippen molar-refractivity contribution in [1.82, 2.24) is 0 Å². The maximum atomic E-state index is 12.0. The van der Waals surface area contributed by atoms with E-state index in [1.165, 1.54) is 0 Å². The van der Waals surface area contributed by atoms with Gasteiger partial charge >= 0.3 is 0 Å². The van der Waals surface area contributed by atoms with Crippen molar-refractivity contribution in [2.24, 2.45) is 0 Å². The van der Waals surface area contributed by atoms with E-state index in [4.69, 9.17) is 0 Å². The Morgan fingerprint density at radius 2 is 2.00 bits per heavy atom. The van der Waals surface area contributed by atoms with E-state index in [1.54, 1.807) is 5.82 Å². The van der Waals surface area contributed by atoms with E-state index in [1.807, 2.05) is 37.3 Å². The van der Waals surface area contributed by atoms with Crippen LogP contribution in [0.2, 0.25) is 0 Å². The molecular formula is C10H13OP. The van der Waals surface area contributed by atoms with Crippen LogP contribution in [-0.2, 0) is 4.57 Å². The summed E-state index contributed by atoms with van der Waals surface area (Å²) in [5, 5.41) is 0.905. The molecule has 0 bridgehead atoms. The Bertz CT molecular complexity index is 303. The van der Waals surface area contributed by atoms with E-state index in [2.05, 4.69) is 6.58 Å². The van der Waals surface area contributed by atoms with Gasteiger partial charge in [-0.05, 0) is 5.82 Å². The molecule has 1 rings (SSSR count). The minimum atomic E-state index is -2.27. The van der Waals surface area contributed by atoms with Crippen LogP contribution in [0.15, 0.2) is 42.7 Å². The normalized spacial score (nSPS) is 15.1. The highest BCUT2D eigenvalue weighted by molar-refractivity contribution is 7.74. The molecule has 64 valence electrons. The van der Waals surface area contributed by atoms with Crippen molar-refractivity contribution in [2.75, 3.05) is 6.16 Å². The van der Waals surface area contributed by atoms with E-state index in [0.717, 1.165) is 5.30 Å². The highest BCUT2D eigenvalue weighted by atomic mass is 31.2. The molecule has 1 aromatic carbocycles. The summed E-state index contributed by atoms with van der Waals surface area (Å²) in [4.78, 5) is 0. The first-order chi connectivity index (χ1) is 5.73. The third kappa shape index (κ3) is 1.67. The minimum absolute atomic E-state index is 0.653. The zero-order valence-electron chi connectivity index (χ0n) is 7.23. The summed E-state index contributed by atoms with van der Waals surface area (Å²) >= 11 is 0. The van der Waals surface area contributed by atoms with Crippen LogP contribution in [0.4, 0.5) is 0 Å². The SMILES string of the molecule is C=C[P@](=O)(CC)c1ccccc1. The molecular weight excluding hydrogens is 167 g/mol. The van der Waals surface area contributed by atoms with Crippen molar-refractivity contribution in [3.05, 3.63) is 42.7 Å². The lowest BCUT2D eigenvalue weighted by molar-refractivity contribution is 0.587. The van der Waals surface area contributed by atoms with Crippen molar-refractivity contribution in [3.63, 3.8) is 0 Å².